The minimum absolute atomic E-state index is 0.0722. The molecule has 0 aromatic heterocycles. The van der Waals surface area contributed by atoms with Crippen molar-refractivity contribution in [1.29, 1.82) is 0 Å². The van der Waals surface area contributed by atoms with E-state index in [1.54, 1.807) is 0 Å². The van der Waals surface area contributed by atoms with Crippen LogP contribution in [0.1, 0.15) is 72.1 Å². The minimum Gasteiger partial charge on any atom is -0.462 e. The number of alkyl carbamates (subject to hydrolysis) is 1. The van der Waals surface area contributed by atoms with Crippen molar-refractivity contribution in [3.8, 4) is 0 Å². The molecule has 5 heteroatoms. The maximum atomic E-state index is 12.0. The predicted molar refractivity (Wildman–Crippen MR) is 83.5 cm³/mol. The molecule has 2 fully saturated rings. The topological polar surface area (TPSA) is 64.6 Å². The summed E-state index contributed by atoms with van der Waals surface area (Å²) in [4.78, 5) is 23.1. The van der Waals surface area contributed by atoms with Crippen molar-refractivity contribution in [2.45, 2.75) is 89.9 Å². The van der Waals surface area contributed by atoms with Gasteiger partial charge in [0, 0.05) is 12.5 Å². The van der Waals surface area contributed by atoms with Crippen molar-refractivity contribution in [3.05, 3.63) is 0 Å². The smallest absolute Gasteiger partial charge is 0.407 e. The van der Waals surface area contributed by atoms with Crippen molar-refractivity contribution in [2.24, 2.45) is 5.92 Å². The molecular formula is C17H29NO4. The third-order valence-electron chi connectivity index (χ3n) is 4.44. The first-order valence-corrected chi connectivity index (χ1v) is 8.52. The van der Waals surface area contributed by atoms with Crippen LogP contribution in [0.25, 0.3) is 0 Å². The lowest BCUT2D eigenvalue weighted by Gasteiger charge is -2.33. The molecule has 1 saturated heterocycles. The van der Waals surface area contributed by atoms with E-state index in [9.17, 15) is 9.59 Å². The molecule has 2 aliphatic rings. The Balaban J connectivity index is 1.80. The summed E-state index contributed by atoms with van der Waals surface area (Å²) in [6.45, 7) is 5.62. The number of cyclic esters (lactones) is 1. The summed E-state index contributed by atoms with van der Waals surface area (Å²) in [5.74, 6) is 0.387. The first kappa shape index (κ1) is 17.1. The van der Waals surface area contributed by atoms with Gasteiger partial charge in [-0.3, -0.25) is 4.79 Å². The van der Waals surface area contributed by atoms with Crippen molar-refractivity contribution in [2.75, 3.05) is 0 Å². The SMILES string of the molecule is CC(C)(C)OC(=O)NC1CCCCC1CC[C@H]1CCC(=O)O1. The second kappa shape index (κ2) is 7.34. The summed E-state index contributed by atoms with van der Waals surface area (Å²) >= 11 is 0. The van der Waals surface area contributed by atoms with E-state index in [0.717, 1.165) is 38.5 Å². The molecule has 0 radical (unpaired) electrons. The number of carbonyl (C=O) groups is 2. The summed E-state index contributed by atoms with van der Waals surface area (Å²) in [5, 5.41) is 3.04. The van der Waals surface area contributed by atoms with Gasteiger partial charge in [0.2, 0.25) is 0 Å². The maximum absolute atomic E-state index is 12.0. The molecule has 1 aliphatic carbocycles. The van der Waals surface area contributed by atoms with Crippen LogP contribution in [0, 0.1) is 5.92 Å². The number of rotatable bonds is 4. The fourth-order valence-electron chi connectivity index (χ4n) is 3.39. The second-order valence-corrected chi connectivity index (χ2v) is 7.53. The summed E-state index contributed by atoms with van der Waals surface area (Å²) in [7, 11) is 0. The molecule has 2 rings (SSSR count). The Kier molecular flexibility index (Phi) is 5.70. The lowest BCUT2D eigenvalue weighted by Crippen LogP contribution is -2.44. The van der Waals surface area contributed by atoms with Crippen LogP contribution in [-0.2, 0) is 14.3 Å². The largest absolute Gasteiger partial charge is 0.462 e. The van der Waals surface area contributed by atoms with Gasteiger partial charge in [-0.2, -0.15) is 0 Å². The molecule has 0 aromatic rings. The quantitative estimate of drug-likeness (QED) is 0.806. The van der Waals surface area contributed by atoms with Gasteiger partial charge in [-0.1, -0.05) is 12.8 Å². The molecule has 2 unspecified atom stereocenters. The van der Waals surface area contributed by atoms with E-state index in [4.69, 9.17) is 9.47 Å². The molecule has 1 N–H and O–H groups in total. The van der Waals surface area contributed by atoms with Crippen LogP contribution in [-0.4, -0.2) is 29.8 Å². The molecule has 22 heavy (non-hydrogen) atoms. The van der Waals surface area contributed by atoms with Crippen LogP contribution in [0.15, 0.2) is 0 Å². The third-order valence-corrected chi connectivity index (χ3v) is 4.44. The van der Waals surface area contributed by atoms with Gasteiger partial charge in [-0.25, -0.2) is 4.79 Å². The maximum Gasteiger partial charge on any atom is 0.407 e. The van der Waals surface area contributed by atoms with Gasteiger partial charge in [0.05, 0.1) is 0 Å². The normalized spacial score (nSPS) is 29.0. The van der Waals surface area contributed by atoms with E-state index >= 15 is 0 Å². The fourth-order valence-corrected chi connectivity index (χ4v) is 3.39. The van der Waals surface area contributed by atoms with Gasteiger partial charge in [0.15, 0.2) is 0 Å². The third kappa shape index (κ3) is 5.50. The number of carbonyl (C=O) groups excluding carboxylic acids is 2. The molecule has 1 aliphatic heterocycles. The lowest BCUT2D eigenvalue weighted by atomic mass is 9.81. The Labute approximate surface area is 133 Å². The van der Waals surface area contributed by atoms with Crippen LogP contribution in [0.4, 0.5) is 4.79 Å². The van der Waals surface area contributed by atoms with E-state index in [-0.39, 0.29) is 24.2 Å². The van der Waals surface area contributed by atoms with Crippen molar-refractivity contribution >= 4 is 12.1 Å². The van der Waals surface area contributed by atoms with Gasteiger partial charge in [0.25, 0.3) is 0 Å². The zero-order valence-electron chi connectivity index (χ0n) is 14.0. The molecule has 0 spiro atoms. The average Bonchev–Trinajstić information content (AvgIpc) is 2.81. The predicted octanol–water partition coefficient (Wildman–Crippen LogP) is 3.56. The van der Waals surface area contributed by atoms with Crippen LogP contribution >= 0.6 is 0 Å². The Bertz CT molecular complexity index is 402. The Morgan fingerprint density at radius 1 is 1.23 bits per heavy atom. The second-order valence-electron chi connectivity index (χ2n) is 7.53. The first-order valence-electron chi connectivity index (χ1n) is 8.52. The fraction of sp³-hybridized carbons (Fsp3) is 0.882. The molecule has 1 heterocycles. The summed E-state index contributed by atoms with van der Waals surface area (Å²) in [6, 6.07) is 0.181. The van der Waals surface area contributed by atoms with Crippen LogP contribution in [0.5, 0.6) is 0 Å². The number of esters is 1. The summed E-state index contributed by atoms with van der Waals surface area (Å²) < 4.78 is 10.6. The van der Waals surface area contributed by atoms with E-state index in [1.165, 1.54) is 6.42 Å². The zero-order chi connectivity index (χ0) is 16.2. The van der Waals surface area contributed by atoms with Crippen LogP contribution in [0.3, 0.4) is 0 Å². The number of hydrogen-bond donors (Lipinski definition) is 1. The van der Waals surface area contributed by atoms with E-state index in [2.05, 4.69) is 5.32 Å². The van der Waals surface area contributed by atoms with Crippen molar-refractivity contribution < 1.29 is 19.1 Å². The summed E-state index contributed by atoms with van der Waals surface area (Å²) in [5.41, 5.74) is -0.466. The van der Waals surface area contributed by atoms with Crippen molar-refractivity contribution in [1.82, 2.24) is 5.32 Å². The van der Waals surface area contributed by atoms with Gasteiger partial charge < -0.3 is 14.8 Å². The molecule has 126 valence electrons. The Hall–Kier alpha value is -1.26. The highest BCUT2D eigenvalue weighted by Crippen LogP contribution is 2.30. The van der Waals surface area contributed by atoms with E-state index < -0.39 is 5.60 Å². The molecule has 1 amide bonds. The van der Waals surface area contributed by atoms with Gasteiger partial charge >= 0.3 is 12.1 Å². The highest BCUT2D eigenvalue weighted by molar-refractivity contribution is 5.71. The van der Waals surface area contributed by atoms with Crippen LogP contribution in [0.2, 0.25) is 0 Å². The highest BCUT2D eigenvalue weighted by Gasteiger charge is 2.30. The van der Waals surface area contributed by atoms with E-state index in [0.29, 0.717) is 12.3 Å². The highest BCUT2D eigenvalue weighted by atomic mass is 16.6. The van der Waals surface area contributed by atoms with Gasteiger partial charge in [-0.15, -0.1) is 0 Å². The molecular weight excluding hydrogens is 282 g/mol. The van der Waals surface area contributed by atoms with Crippen molar-refractivity contribution in [3.63, 3.8) is 0 Å². The number of ether oxygens (including phenoxy) is 2. The zero-order valence-corrected chi connectivity index (χ0v) is 14.0. The standard InChI is InChI=1S/C17H29NO4/c1-17(2,3)22-16(20)18-14-7-5-4-6-12(14)8-9-13-10-11-15(19)21-13/h12-14H,4-11H2,1-3H3,(H,18,20)/t12?,13-,14?/m0/s1. The van der Waals surface area contributed by atoms with E-state index in [1.807, 2.05) is 20.8 Å². The van der Waals surface area contributed by atoms with Crippen LogP contribution < -0.4 is 5.32 Å². The van der Waals surface area contributed by atoms with Gasteiger partial charge in [0.1, 0.15) is 11.7 Å². The molecule has 0 bridgehead atoms. The number of hydrogen-bond acceptors (Lipinski definition) is 4. The minimum atomic E-state index is -0.466. The monoisotopic (exact) mass is 311 g/mol. The average molecular weight is 311 g/mol. The molecule has 5 nitrogen and oxygen atoms in total. The Morgan fingerprint density at radius 2 is 1.95 bits per heavy atom. The molecule has 1 saturated carbocycles. The van der Waals surface area contributed by atoms with Gasteiger partial charge in [-0.05, 0) is 58.8 Å². The molecule has 3 atom stereocenters. The first-order chi connectivity index (χ1) is 10.3. The number of nitrogens with one attached hydrogen (secondary N) is 1. The summed E-state index contributed by atoms with van der Waals surface area (Å²) in [6.07, 6.45) is 7.55. The molecule has 0 aromatic carbocycles. The number of amides is 1. The lowest BCUT2D eigenvalue weighted by molar-refractivity contribution is -0.141. The Morgan fingerprint density at radius 3 is 2.59 bits per heavy atom.